The number of carbonyl (C=O) groups is 1. The van der Waals surface area contributed by atoms with Crippen LogP contribution in [-0.4, -0.2) is 55.3 Å². The second-order valence-electron chi connectivity index (χ2n) is 6.04. The van der Waals surface area contributed by atoms with E-state index >= 15 is 0 Å². The largest absolute Gasteiger partial charge is 0.378 e. The maximum Gasteiger partial charge on any atom is 0.255 e. The van der Waals surface area contributed by atoms with Gasteiger partial charge in [0.05, 0.1) is 23.8 Å². The average molecular weight is 394 g/mol. The molecular formula is C18H21ClFN5O2. The van der Waals surface area contributed by atoms with Crippen LogP contribution in [0.25, 0.3) is 0 Å². The van der Waals surface area contributed by atoms with Crippen molar-refractivity contribution in [2.24, 2.45) is 0 Å². The molecule has 0 unspecified atom stereocenters. The molecule has 0 aliphatic carbocycles. The molecule has 0 bridgehead atoms. The maximum absolute atomic E-state index is 13.7. The molecule has 0 radical (unpaired) electrons. The van der Waals surface area contributed by atoms with Crippen molar-refractivity contribution < 1.29 is 13.9 Å². The number of aryl methyl sites for hydroxylation is 1. The molecule has 0 atom stereocenters. The van der Waals surface area contributed by atoms with E-state index in [1.165, 1.54) is 18.2 Å². The van der Waals surface area contributed by atoms with Crippen LogP contribution in [0.1, 0.15) is 16.2 Å². The minimum Gasteiger partial charge on any atom is -0.378 e. The molecule has 1 amide bonds. The van der Waals surface area contributed by atoms with Crippen LogP contribution >= 0.6 is 11.6 Å². The van der Waals surface area contributed by atoms with E-state index in [0.717, 1.165) is 18.9 Å². The SMILES string of the molecule is Cc1nc(NCCNC(=O)c2c(F)cccc2Cl)cc(N2CCOCC2)n1. The van der Waals surface area contributed by atoms with Crippen molar-refractivity contribution >= 4 is 29.1 Å². The van der Waals surface area contributed by atoms with E-state index in [2.05, 4.69) is 25.5 Å². The number of benzene rings is 1. The maximum atomic E-state index is 13.7. The zero-order chi connectivity index (χ0) is 19.2. The Morgan fingerprint density at radius 1 is 1.30 bits per heavy atom. The number of halogens is 2. The van der Waals surface area contributed by atoms with Crippen molar-refractivity contribution in [3.8, 4) is 0 Å². The zero-order valence-corrected chi connectivity index (χ0v) is 15.7. The van der Waals surface area contributed by atoms with E-state index in [-0.39, 0.29) is 10.6 Å². The lowest BCUT2D eigenvalue weighted by Gasteiger charge is -2.28. The number of morpholine rings is 1. The van der Waals surface area contributed by atoms with Gasteiger partial charge in [-0.25, -0.2) is 14.4 Å². The smallest absolute Gasteiger partial charge is 0.255 e. The van der Waals surface area contributed by atoms with Gasteiger partial charge >= 0.3 is 0 Å². The van der Waals surface area contributed by atoms with Crippen molar-refractivity contribution in [2.75, 3.05) is 49.6 Å². The Bertz CT molecular complexity index is 794. The lowest BCUT2D eigenvalue weighted by Crippen LogP contribution is -2.37. The molecule has 9 heteroatoms. The molecule has 0 spiro atoms. The summed E-state index contributed by atoms with van der Waals surface area (Å²) in [5, 5.41) is 5.88. The molecule has 1 aliphatic rings. The quantitative estimate of drug-likeness (QED) is 0.733. The summed E-state index contributed by atoms with van der Waals surface area (Å²) in [6.45, 7) is 5.48. The lowest BCUT2D eigenvalue weighted by atomic mass is 10.2. The van der Waals surface area contributed by atoms with E-state index < -0.39 is 11.7 Å². The normalized spacial score (nSPS) is 14.1. The Morgan fingerprint density at radius 3 is 2.81 bits per heavy atom. The van der Waals surface area contributed by atoms with Crippen molar-refractivity contribution in [3.63, 3.8) is 0 Å². The van der Waals surface area contributed by atoms with Gasteiger partial charge in [0, 0.05) is 32.2 Å². The minimum absolute atomic E-state index is 0.0852. The molecular weight excluding hydrogens is 373 g/mol. The first-order valence-corrected chi connectivity index (χ1v) is 9.07. The first-order chi connectivity index (χ1) is 13.0. The standard InChI is InChI=1S/C18H21ClFN5O2/c1-12-23-15(11-16(24-12)25-7-9-27-10-8-25)21-5-6-22-18(26)17-13(19)3-2-4-14(17)20/h2-4,11H,5-10H2,1H3,(H,22,26)(H,21,23,24). The fourth-order valence-electron chi connectivity index (χ4n) is 2.77. The number of ether oxygens (including phenoxy) is 1. The highest BCUT2D eigenvalue weighted by molar-refractivity contribution is 6.33. The number of carbonyl (C=O) groups excluding carboxylic acids is 1. The third kappa shape index (κ3) is 5.05. The Hall–Kier alpha value is -2.45. The highest BCUT2D eigenvalue weighted by Crippen LogP contribution is 2.19. The van der Waals surface area contributed by atoms with Crippen LogP contribution in [0.5, 0.6) is 0 Å². The number of hydrogen-bond donors (Lipinski definition) is 2. The second kappa shape index (κ2) is 8.96. The van der Waals surface area contributed by atoms with E-state index in [4.69, 9.17) is 16.3 Å². The van der Waals surface area contributed by atoms with E-state index in [9.17, 15) is 9.18 Å². The van der Waals surface area contributed by atoms with Gasteiger partial charge in [-0.15, -0.1) is 0 Å². The molecule has 0 saturated carbocycles. The Labute approximate surface area is 161 Å². The molecule has 2 aromatic rings. The summed E-state index contributed by atoms with van der Waals surface area (Å²) in [6, 6.07) is 6.01. The van der Waals surface area contributed by atoms with Crippen LogP contribution in [0, 0.1) is 12.7 Å². The lowest BCUT2D eigenvalue weighted by molar-refractivity contribution is 0.0951. The Balaban J connectivity index is 1.54. The second-order valence-corrected chi connectivity index (χ2v) is 6.44. The predicted molar refractivity (Wildman–Crippen MR) is 102 cm³/mol. The van der Waals surface area contributed by atoms with Gasteiger partial charge < -0.3 is 20.3 Å². The molecule has 27 heavy (non-hydrogen) atoms. The van der Waals surface area contributed by atoms with Crippen LogP contribution in [0.4, 0.5) is 16.0 Å². The van der Waals surface area contributed by atoms with Crippen molar-refractivity contribution in [1.29, 1.82) is 0 Å². The molecule has 1 aromatic heterocycles. The number of anilines is 2. The molecule has 1 aliphatic heterocycles. The number of hydrogen-bond acceptors (Lipinski definition) is 6. The molecule has 1 aromatic carbocycles. The number of nitrogens with one attached hydrogen (secondary N) is 2. The Morgan fingerprint density at radius 2 is 2.07 bits per heavy atom. The van der Waals surface area contributed by atoms with Gasteiger partial charge in [0.25, 0.3) is 5.91 Å². The topological polar surface area (TPSA) is 79.4 Å². The summed E-state index contributed by atoms with van der Waals surface area (Å²) in [7, 11) is 0. The number of amides is 1. The van der Waals surface area contributed by atoms with Gasteiger partial charge in [-0.1, -0.05) is 17.7 Å². The molecule has 2 heterocycles. The summed E-state index contributed by atoms with van der Waals surface area (Å²) in [5.74, 6) is 0.976. The molecule has 1 fully saturated rings. The average Bonchev–Trinajstić information content (AvgIpc) is 2.65. The molecule has 2 N–H and O–H groups in total. The van der Waals surface area contributed by atoms with E-state index in [0.29, 0.717) is 37.9 Å². The predicted octanol–water partition coefficient (Wildman–Crippen LogP) is 2.26. The van der Waals surface area contributed by atoms with Crippen LogP contribution in [-0.2, 0) is 4.74 Å². The van der Waals surface area contributed by atoms with Crippen molar-refractivity contribution in [1.82, 2.24) is 15.3 Å². The van der Waals surface area contributed by atoms with Gasteiger partial charge in [-0.05, 0) is 19.1 Å². The number of aromatic nitrogens is 2. The monoisotopic (exact) mass is 393 g/mol. The van der Waals surface area contributed by atoms with Gasteiger partial charge in [-0.2, -0.15) is 0 Å². The van der Waals surface area contributed by atoms with Crippen LogP contribution in [0.2, 0.25) is 5.02 Å². The first kappa shape index (κ1) is 19.3. The van der Waals surface area contributed by atoms with Crippen LogP contribution in [0.3, 0.4) is 0 Å². The number of nitrogens with zero attached hydrogens (tertiary/aromatic N) is 3. The first-order valence-electron chi connectivity index (χ1n) is 8.69. The third-order valence-corrected chi connectivity index (χ3v) is 4.38. The summed E-state index contributed by atoms with van der Waals surface area (Å²) in [6.07, 6.45) is 0. The van der Waals surface area contributed by atoms with Crippen molar-refractivity contribution in [3.05, 3.63) is 46.5 Å². The van der Waals surface area contributed by atoms with Crippen LogP contribution < -0.4 is 15.5 Å². The van der Waals surface area contributed by atoms with Gasteiger partial charge in [0.1, 0.15) is 23.3 Å². The summed E-state index contributed by atoms with van der Waals surface area (Å²) < 4.78 is 19.1. The van der Waals surface area contributed by atoms with Gasteiger partial charge in [0.2, 0.25) is 0 Å². The van der Waals surface area contributed by atoms with Crippen LogP contribution in [0.15, 0.2) is 24.3 Å². The molecule has 7 nitrogen and oxygen atoms in total. The van der Waals surface area contributed by atoms with Crippen molar-refractivity contribution in [2.45, 2.75) is 6.92 Å². The summed E-state index contributed by atoms with van der Waals surface area (Å²) >= 11 is 5.89. The Kier molecular flexibility index (Phi) is 6.41. The fourth-order valence-corrected chi connectivity index (χ4v) is 3.02. The highest BCUT2D eigenvalue weighted by Gasteiger charge is 2.16. The summed E-state index contributed by atoms with van der Waals surface area (Å²) in [5.41, 5.74) is -0.147. The highest BCUT2D eigenvalue weighted by atomic mass is 35.5. The van der Waals surface area contributed by atoms with E-state index in [1.54, 1.807) is 0 Å². The fraction of sp³-hybridized carbons (Fsp3) is 0.389. The van der Waals surface area contributed by atoms with Gasteiger partial charge in [-0.3, -0.25) is 4.79 Å². The number of rotatable bonds is 6. The van der Waals surface area contributed by atoms with Gasteiger partial charge in [0.15, 0.2) is 0 Å². The molecule has 144 valence electrons. The zero-order valence-electron chi connectivity index (χ0n) is 15.0. The molecule has 3 rings (SSSR count). The summed E-state index contributed by atoms with van der Waals surface area (Å²) in [4.78, 5) is 23.1. The molecule has 1 saturated heterocycles. The van der Waals surface area contributed by atoms with E-state index in [1.807, 2.05) is 13.0 Å². The minimum atomic E-state index is -0.644. The third-order valence-electron chi connectivity index (χ3n) is 4.07.